The van der Waals surface area contributed by atoms with Crippen molar-refractivity contribution >= 4 is 11.8 Å². The van der Waals surface area contributed by atoms with E-state index in [-0.39, 0.29) is 0 Å². The van der Waals surface area contributed by atoms with E-state index in [1.54, 1.807) is 0 Å². The van der Waals surface area contributed by atoms with Crippen molar-refractivity contribution in [3.05, 3.63) is 30.3 Å². The lowest BCUT2D eigenvalue weighted by atomic mass is 10.3. The van der Waals surface area contributed by atoms with E-state index in [1.807, 2.05) is 24.8 Å². The Balaban J connectivity index is 2.25. The summed E-state index contributed by atoms with van der Waals surface area (Å²) in [5.41, 5.74) is 5.64. The van der Waals surface area contributed by atoms with Crippen LogP contribution in [0.4, 0.5) is 0 Å². The Morgan fingerprint density at radius 3 is 2.58 bits per heavy atom. The van der Waals surface area contributed by atoms with Gasteiger partial charge in [0.1, 0.15) is 0 Å². The predicted molar refractivity (Wildman–Crippen MR) is 55.4 cm³/mol. The van der Waals surface area contributed by atoms with Crippen molar-refractivity contribution in [2.75, 3.05) is 5.75 Å². The highest BCUT2D eigenvalue weighted by Gasteiger charge is 1.95. The summed E-state index contributed by atoms with van der Waals surface area (Å²) < 4.78 is 0. The van der Waals surface area contributed by atoms with Crippen molar-refractivity contribution in [1.82, 2.24) is 0 Å². The molecule has 0 saturated carbocycles. The summed E-state index contributed by atoms with van der Waals surface area (Å²) >= 11 is 1.87. The second-order valence-electron chi connectivity index (χ2n) is 2.93. The Hall–Kier alpha value is -0.470. The SMILES string of the molecule is C[C@@H](N)CCSc1ccccc1. The Bertz CT molecular complexity index is 208. The summed E-state index contributed by atoms with van der Waals surface area (Å²) in [6, 6.07) is 10.7. The zero-order chi connectivity index (χ0) is 8.81. The lowest BCUT2D eigenvalue weighted by Crippen LogP contribution is -2.15. The summed E-state index contributed by atoms with van der Waals surface area (Å²) in [6.45, 7) is 2.05. The molecule has 66 valence electrons. The standard InChI is InChI=1S/C10H15NS/c1-9(11)7-8-12-10-5-3-2-4-6-10/h2-6,9H,7-8,11H2,1H3/t9-/m1/s1. The first-order chi connectivity index (χ1) is 5.79. The minimum atomic E-state index is 0.321. The number of hydrogen-bond acceptors (Lipinski definition) is 2. The average Bonchev–Trinajstić information content (AvgIpc) is 2.05. The summed E-state index contributed by atoms with van der Waals surface area (Å²) in [4.78, 5) is 1.33. The van der Waals surface area contributed by atoms with Crippen LogP contribution in [-0.4, -0.2) is 11.8 Å². The molecule has 0 aliphatic heterocycles. The molecule has 0 saturated heterocycles. The van der Waals surface area contributed by atoms with E-state index in [0.29, 0.717) is 6.04 Å². The quantitative estimate of drug-likeness (QED) is 0.722. The van der Waals surface area contributed by atoms with Crippen LogP contribution in [0.15, 0.2) is 35.2 Å². The van der Waals surface area contributed by atoms with Gasteiger partial charge in [0.05, 0.1) is 0 Å². The molecular weight excluding hydrogens is 166 g/mol. The van der Waals surface area contributed by atoms with Gasteiger partial charge in [-0.15, -0.1) is 11.8 Å². The Morgan fingerprint density at radius 1 is 1.33 bits per heavy atom. The number of benzene rings is 1. The topological polar surface area (TPSA) is 26.0 Å². The summed E-state index contributed by atoms with van der Waals surface area (Å²) in [5.74, 6) is 1.11. The van der Waals surface area contributed by atoms with Gasteiger partial charge in [-0.3, -0.25) is 0 Å². The highest BCUT2D eigenvalue weighted by Crippen LogP contribution is 2.17. The molecule has 0 aliphatic rings. The highest BCUT2D eigenvalue weighted by molar-refractivity contribution is 7.99. The Kier molecular flexibility index (Phi) is 4.19. The monoisotopic (exact) mass is 181 g/mol. The molecule has 0 bridgehead atoms. The van der Waals surface area contributed by atoms with E-state index in [4.69, 9.17) is 5.73 Å². The van der Waals surface area contributed by atoms with Gasteiger partial charge in [0.2, 0.25) is 0 Å². The summed E-state index contributed by atoms with van der Waals surface area (Å²) in [7, 11) is 0. The van der Waals surface area contributed by atoms with Crippen LogP contribution in [0.5, 0.6) is 0 Å². The molecule has 0 aliphatic carbocycles. The van der Waals surface area contributed by atoms with Gasteiger partial charge in [-0.05, 0) is 31.2 Å². The summed E-state index contributed by atoms with van der Waals surface area (Å²) in [5, 5.41) is 0. The number of hydrogen-bond donors (Lipinski definition) is 1. The van der Waals surface area contributed by atoms with Crippen LogP contribution in [0, 0.1) is 0 Å². The molecule has 0 fully saturated rings. The van der Waals surface area contributed by atoms with Gasteiger partial charge in [-0.1, -0.05) is 18.2 Å². The first kappa shape index (κ1) is 9.62. The van der Waals surface area contributed by atoms with Gasteiger partial charge < -0.3 is 5.73 Å². The molecule has 0 radical (unpaired) electrons. The molecule has 1 aromatic rings. The average molecular weight is 181 g/mol. The number of nitrogens with two attached hydrogens (primary N) is 1. The zero-order valence-corrected chi connectivity index (χ0v) is 8.18. The van der Waals surface area contributed by atoms with Gasteiger partial charge in [0.25, 0.3) is 0 Å². The number of thioether (sulfide) groups is 1. The maximum Gasteiger partial charge on any atom is 0.00719 e. The van der Waals surface area contributed by atoms with E-state index in [0.717, 1.165) is 12.2 Å². The Labute approximate surface area is 78.4 Å². The van der Waals surface area contributed by atoms with Gasteiger partial charge in [-0.2, -0.15) is 0 Å². The largest absolute Gasteiger partial charge is 0.328 e. The van der Waals surface area contributed by atoms with Crippen LogP contribution in [-0.2, 0) is 0 Å². The van der Waals surface area contributed by atoms with Crippen molar-refractivity contribution in [2.45, 2.75) is 24.3 Å². The fraction of sp³-hybridized carbons (Fsp3) is 0.400. The second kappa shape index (κ2) is 5.22. The van der Waals surface area contributed by atoms with E-state index in [1.165, 1.54) is 4.90 Å². The molecule has 1 aromatic carbocycles. The molecule has 0 unspecified atom stereocenters. The molecule has 0 spiro atoms. The van der Waals surface area contributed by atoms with Crippen LogP contribution in [0.1, 0.15) is 13.3 Å². The first-order valence-corrected chi connectivity index (χ1v) is 5.21. The molecule has 2 N–H and O–H groups in total. The van der Waals surface area contributed by atoms with Crippen LogP contribution in [0.25, 0.3) is 0 Å². The molecular formula is C10H15NS. The lowest BCUT2D eigenvalue weighted by molar-refractivity contribution is 0.721. The molecule has 12 heavy (non-hydrogen) atoms. The molecule has 1 rings (SSSR count). The van der Waals surface area contributed by atoms with Gasteiger partial charge >= 0.3 is 0 Å². The van der Waals surface area contributed by atoms with E-state index >= 15 is 0 Å². The van der Waals surface area contributed by atoms with Crippen LogP contribution >= 0.6 is 11.8 Å². The molecule has 0 amide bonds. The molecule has 0 aromatic heterocycles. The third-order valence-electron chi connectivity index (χ3n) is 1.59. The van der Waals surface area contributed by atoms with Crippen molar-refractivity contribution in [3.8, 4) is 0 Å². The summed E-state index contributed by atoms with van der Waals surface area (Å²) in [6.07, 6.45) is 1.08. The molecule has 2 heteroatoms. The van der Waals surface area contributed by atoms with E-state index in [9.17, 15) is 0 Å². The molecule has 1 nitrogen and oxygen atoms in total. The third kappa shape index (κ3) is 3.79. The third-order valence-corrected chi connectivity index (χ3v) is 2.63. The lowest BCUT2D eigenvalue weighted by Gasteiger charge is -2.03. The van der Waals surface area contributed by atoms with Crippen molar-refractivity contribution in [1.29, 1.82) is 0 Å². The van der Waals surface area contributed by atoms with E-state index in [2.05, 4.69) is 24.3 Å². The minimum Gasteiger partial charge on any atom is -0.328 e. The van der Waals surface area contributed by atoms with Gasteiger partial charge in [0.15, 0.2) is 0 Å². The molecule has 1 atom stereocenters. The van der Waals surface area contributed by atoms with Gasteiger partial charge in [0, 0.05) is 10.9 Å². The molecule has 0 heterocycles. The van der Waals surface area contributed by atoms with Crippen molar-refractivity contribution < 1.29 is 0 Å². The minimum absolute atomic E-state index is 0.321. The van der Waals surface area contributed by atoms with Gasteiger partial charge in [-0.25, -0.2) is 0 Å². The van der Waals surface area contributed by atoms with Crippen molar-refractivity contribution in [3.63, 3.8) is 0 Å². The Morgan fingerprint density at radius 2 is 2.00 bits per heavy atom. The van der Waals surface area contributed by atoms with Crippen LogP contribution in [0.3, 0.4) is 0 Å². The van der Waals surface area contributed by atoms with E-state index < -0.39 is 0 Å². The highest BCUT2D eigenvalue weighted by atomic mass is 32.2. The second-order valence-corrected chi connectivity index (χ2v) is 4.10. The smallest absolute Gasteiger partial charge is 0.00719 e. The number of rotatable bonds is 4. The van der Waals surface area contributed by atoms with Crippen LogP contribution in [0.2, 0.25) is 0 Å². The maximum atomic E-state index is 5.64. The van der Waals surface area contributed by atoms with Crippen molar-refractivity contribution in [2.24, 2.45) is 5.73 Å². The van der Waals surface area contributed by atoms with Crippen LogP contribution < -0.4 is 5.73 Å². The maximum absolute atomic E-state index is 5.64. The zero-order valence-electron chi connectivity index (χ0n) is 7.36. The fourth-order valence-corrected chi connectivity index (χ4v) is 1.95. The fourth-order valence-electron chi connectivity index (χ4n) is 0.879. The predicted octanol–water partition coefficient (Wildman–Crippen LogP) is 2.52. The normalized spacial score (nSPS) is 12.8. The first-order valence-electron chi connectivity index (χ1n) is 4.22.